The van der Waals surface area contributed by atoms with Crippen molar-refractivity contribution in [1.82, 2.24) is 0 Å². The second-order valence-corrected chi connectivity index (χ2v) is 2.71. The molecule has 0 saturated heterocycles. The molecule has 50 valence electrons. The summed E-state index contributed by atoms with van der Waals surface area (Å²) in [4.78, 5) is 5.14. The van der Waals surface area contributed by atoms with Crippen LogP contribution in [-0.4, -0.2) is 31.9 Å². The van der Waals surface area contributed by atoms with Gasteiger partial charge < -0.3 is 0 Å². The zero-order valence-corrected chi connectivity index (χ0v) is 6.43. The number of hydrogen-bond donors (Lipinski definition) is 0. The summed E-state index contributed by atoms with van der Waals surface area (Å²) in [5.74, 6) is 0. The molecule has 0 aromatic carbocycles. The maximum absolute atomic E-state index is 5.14. The number of hydrogen-bond acceptors (Lipinski definition) is 1. The van der Waals surface area contributed by atoms with Gasteiger partial charge in [0, 0.05) is 0 Å². The minimum absolute atomic E-state index is 0.528. The molecule has 0 aliphatic carbocycles. The van der Waals surface area contributed by atoms with E-state index in [1.54, 1.807) is 7.11 Å². The lowest BCUT2D eigenvalue weighted by atomic mass is 10.4. The topological polar surface area (TPSA) is 9.23 Å². The Bertz CT molecular complexity index is 68.9. The first-order chi connectivity index (χ1) is 3.50. The molecule has 0 heterocycles. The molecule has 0 unspecified atom stereocenters. The van der Waals surface area contributed by atoms with Gasteiger partial charge in [0.15, 0.2) is 0 Å². The van der Waals surface area contributed by atoms with E-state index in [2.05, 4.69) is 13.8 Å². The van der Waals surface area contributed by atoms with Crippen LogP contribution in [0.2, 0.25) is 0 Å². The Hall–Kier alpha value is -0.0800. The highest BCUT2D eigenvalue weighted by Gasteiger charge is 2.18. The van der Waals surface area contributed by atoms with E-state index in [4.69, 9.17) is 4.84 Å². The Labute approximate surface area is 51.6 Å². The summed E-state index contributed by atoms with van der Waals surface area (Å²) in [5, 5.41) is 0. The molecule has 0 aliphatic rings. The van der Waals surface area contributed by atoms with Gasteiger partial charge in [0.25, 0.3) is 0 Å². The van der Waals surface area contributed by atoms with Crippen molar-refractivity contribution < 1.29 is 9.48 Å². The molecule has 8 heavy (non-hydrogen) atoms. The smallest absolute Gasteiger partial charge is 0.113 e. The average Bonchev–Trinajstić information content (AvgIpc) is 1.67. The maximum atomic E-state index is 5.14. The zero-order valence-electron chi connectivity index (χ0n) is 6.43. The van der Waals surface area contributed by atoms with Gasteiger partial charge in [0.2, 0.25) is 0 Å². The standard InChI is InChI=1S/C6H16NO/c1-6(2)7(3,4)8-5/h6H,1-5H3/q+1. The molecule has 0 fully saturated rings. The van der Waals surface area contributed by atoms with E-state index in [0.29, 0.717) is 10.7 Å². The molecule has 0 aromatic heterocycles. The van der Waals surface area contributed by atoms with Gasteiger partial charge in [-0.15, -0.1) is 0 Å². The number of nitrogens with zero attached hydrogens (tertiary/aromatic N) is 1. The van der Waals surface area contributed by atoms with E-state index in [9.17, 15) is 0 Å². The molecule has 0 aliphatic heterocycles. The van der Waals surface area contributed by atoms with Crippen LogP contribution in [0.5, 0.6) is 0 Å². The van der Waals surface area contributed by atoms with E-state index >= 15 is 0 Å². The fourth-order valence-corrected chi connectivity index (χ4v) is 0.211. The van der Waals surface area contributed by atoms with Gasteiger partial charge in [-0.2, -0.15) is 4.65 Å². The summed E-state index contributed by atoms with van der Waals surface area (Å²) in [6.07, 6.45) is 0. The lowest BCUT2D eigenvalue weighted by molar-refractivity contribution is -1.09. The maximum Gasteiger partial charge on any atom is 0.113 e. The average molecular weight is 118 g/mol. The van der Waals surface area contributed by atoms with E-state index in [1.807, 2.05) is 14.1 Å². The number of rotatable bonds is 2. The molecule has 0 spiro atoms. The minimum atomic E-state index is 0.528. The van der Waals surface area contributed by atoms with Crippen LogP contribution in [-0.2, 0) is 4.84 Å². The lowest BCUT2D eigenvalue weighted by Gasteiger charge is -2.28. The molecule has 0 N–H and O–H groups in total. The van der Waals surface area contributed by atoms with Crippen LogP contribution < -0.4 is 0 Å². The van der Waals surface area contributed by atoms with Crippen molar-refractivity contribution in [3.05, 3.63) is 0 Å². The van der Waals surface area contributed by atoms with Crippen LogP contribution in [0.3, 0.4) is 0 Å². The lowest BCUT2D eigenvalue weighted by Crippen LogP contribution is -2.44. The molecular formula is C6H16NO+. The highest BCUT2D eigenvalue weighted by Crippen LogP contribution is 2.03. The third-order valence-corrected chi connectivity index (χ3v) is 1.71. The van der Waals surface area contributed by atoms with Crippen LogP contribution in [0.25, 0.3) is 0 Å². The minimum Gasteiger partial charge on any atom is -0.206 e. The van der Waals surface area contributed by atoms with Gasteiger partial charge in [0.05, 0.1) is 21.2 Å². The van der Waals surface area contributed by atoms with Crippen molar-refractivity contribution in [3.63, 3.8) is 0 Å². The van der Waals surface area contributed by atoms with Gasteiger partial charge in [-0.3, -0.25) is 0 Å². The molecule has 0 amide bonds. The van der Waals surface area contributed by atoms with Gasteiger partial charge in [-0.1, -0.05) is 0 Å². The number of quaternary nitrogens is 1. The molecule has 0 radical (unpaired) electrons. The predicted molar refractivity (Wildman–Crippen MR) is 34.3 cm³/mol. The second kappa shape index (κ2) is 2.46. The Morgan fingerprint density at radius 2 is 1.62 bits per heavy atom. The molecule has 0 saturated carbocycles. The van der Waals surface area contributed by atoms with Crippen molar-refractivity contribution in [2.75, 3.05) is 21.2 Å². The van der Waals surface area contributed by atoms with Crippen LogP contribution in [0, 0.1) is 0 Å². The largest absolute Gasteiger partial charge is 0.206 e. The van der Waals surface area contributed by atoms with E-state index in [0.717, 1.165) is 0 Å². The van der Waals surface area contributed by atoms with Crippen LogP contribution in [0.15, 0.2) is 0 Å². The van der Waals surface area contributed by atoms with Gasteiger partial charge >= 0.3 is 0 Å². The number of hydroxylamine groups is 3. The molecule has 0 bridgehead atoms. The molecular weight excluding hydrogens is 102 g/mol. The monoisotopic (exact) mass is 118 g/mol. The molecule has 2 heteroatoms. The third kappa shape index (κ3) is 1.80. The molecule has 0 rings (SSSR count). The van der Waals surface area contributed by atoms with Crippen LogP contribution in [0.1, 0.15) is 13.8 Å². The summed E-state index contributed by atoms with van der Waals surface area (Å²) in [6, 6.07) is 0.528. The van der Waals surface area contributed by atoms with Crippen molar-refractivity contribution >= 4 is 0 Å². The fraction of sp³-hybridized carbons (Fsp3) is 1.00. The molecule has 2 nitrogen and oxygen atoms in total. The summed E-state index contributed by atoms with van der Waals surface area (Å²) in [5.41, 5.74) is 0. The quantitative estimate of drug-likeness (QED) is 0.389. The fourth-order valence-electron chi connectivity index (χ4n) is 0.211. The summed E-state index contributed by atoms with van der Waals surface area (Å²) < 4.78 is 0.625. The van der Waals surface area contributed by atoms with Crippen molar-refractivity contribution in [1.29, 1.82) is 0 Å². The third-order valence-electron chi connectivity index (χ3n) is 1.71. The van der Waals surface area contributed by atoms with Crippen LogP contribution in [0.4, 0.5) is 0 Å². The first kappa shape index (κ1) is 7.92. The first-order valence-corrected chi connectivity index (χ1v) is 2.90. The Balaban J connectivity index is 3.71. The summed E-state index contributed by atoms with van der Waals surface area (Å²) >= 11 is 0. The van der Waals surface area contributed by atoms with Gasteiger partial charge in [-0.25, -0.2) is 4.84 Å². The highest BCUT2D eigenvalue weighted by molar-refractivity contribution is 4.29. The first-order valence-electron chi connectivity index (χ1n) is 2.90. The Morgan fingerprint density at radius 3 is 1.62 bits per heavy atom. The van der Waals surface area contributed by atoms with Crippen molar-refractivity contribution in [3.8, 4) is 0 Å². The normalized spacial score (nSPS) is 12.8. The summed E-state index contributed by atoms with van der Waals surface area (Å²) in [7, 11) is 5.79. The van der Waals surface area contributed by atoms with Gasteiger partial charge in [0.1, 0.15) is 6.04 Å². The summed E-state index contributed by atoms with van der Waals surface area (Å²) in [6.45, 7) is 4.26. The second-order valence-electron chi connectivity index (χ2n) is 2.71. The molecule has 0 atom stereocenters. The highest BCUT2D eigenvalue weighted by atomic mass is 16.7. The SMILES string of the molecule is CO[N+](C)(C)C(C)C. The van der Waals surface area contributed by atoms with Gasteiger partial charge in [-0.05, 0) is 13.8 Å². The van der Waals surface area contributed by atoms with Crippen molar-refractivity contribution in [2.24, 2.45) is 0 Å². The van der Waals surface area contributed by atoms with E-state index in [-0.39, 0.29) is 0 Å². The van der Waals surface area contributed by atoms with E-state index in [1.165, 1.54) is 0 Å². The Morgan fingerprint density at radius 1 is 1.25 bits per heavy atom. The Kier molecular flexibility index (Phi) is 2.44. The molecule has 0 aromatic rings. The van der Waals surface area contributed by atoms with E-state index < -0.39 is 0 Å². The zero-order chi connectivity index (χ0) is 6.78. The van der Waals surface area contributed by atoms with Crippen LogP contribution >= 0.6 is 0 Å². The van der Waals surface area contributed by atoms with Crippen molar-refractivity contribution in [2.45, 2.75) is 19.9 Å². The predicted octanol–water partition coefficient (Wildman–Crippen LogP) is 1.03.